The Bertz CT molecular complexity index is 573. The van der Waals surface area contributed by atoms with Crippen LogP contribution in [0.25, 0.3) is 0 Å². The SMILES string of the molecule is CC1=CC(C)(NC23CC4CC(CC(C4)C2[SiH](C)C)C3)C(C)=C1C. The molecule has 4 unspecified atom stereocenters. The molecule has 0 amide bonds. The number of rotatable bonds is 3. The maximum Gasteiger partial charge on any atom is 0.0564 e. The molecular weight excluding hydrogens is 294 g/mol. The minimum Gasteiger partial charge on any atom is -0.299 e. The lowest BCUT2D eigenvalue weighted by Gasteiger charge is -2.64. The van der Waals surface area contributed by atoms with E-state index in [0.717, 1.165) is 23.3 Å². The molecule has 4 saturated carbocycles. The zero-order valence-electron chi connectivity index (χ0n) is 16.0. The van der Waals surface area contributed by atoms with Crippen LogP contribution in [0.15, 0.2) is 22.8 Å². The zero-order chi connectivity index (χ0) is 16.6. The molecule has 0 aromatic rings. The summed E-state index contributed by atoms with van der Waals surface area (Å²) >= 11 is 0. The first-order valence-corrected chi connectivity index (χ1v) is 12.9. The predicted molar refractivity (Wildman–Crippen MR) is 103 cm³/mol. The summed E-state index contributed by atoms with van der Waals surface area (Å²) < 4.78 is 0. The van der Waals surface area contributed by atoms with Gasteiger partial charge in [0.05, 0.1) is 5.54 Å². The van der Waals surface area contributed by atoms with Crippen LogP contribution < -0.4 is 5.32 Å². The normalized spacial score (nSPS) is 48.6. The summed E-state index contributed by atoms with van der Waals surface area (Å²) in [5.74, 6) is 3.08. The molecule has 5 rings (SSSR count). The molecule has 5 aliphatic rings. The summed E-state index contributed by atoms with van der Waals surface area (Å²) in [5.41, 5.74) is 6.13. The molecule has 2 heteroatoms. The molecule has 0 aliphatic heterocycles. The van der Waals surface area contributed by atoms with Gasteiger partial charge >= 0.3 is 0 Å². The van der Waals surface area contributed by atoms with Crippen molar-refractivity contribution in [1.29, 1.82) is 0 Å². The Morgan fingerprint density at radius 2 is 1.65 bits per heavy atom. The monoisotopic (exact) mass is 329 g/mol. The molecule has 0 saturated heterocycles. The Kier molecular flexibility index (Phi) is 3.56. The third-order valence-electron chi connectivity index (χ3n) is 8.06. The van der Waals surface area contributed by atoms with E-state index >= 15 is 0 Å². The van der Waals surface area contributed by atoms with Gasteiger partial charge in [-0.25, -0.2) is 0 Å². The van der Waals surface area contributed by atoms with Crippen LogP contribution in [0.2, 0.25) is 18.6 Å². The molecule has 0 aromatic carbocycles. The van der Waals surface area contributed by atoms with Gasteiger partial charge in [0.25, 0.3) is 0 Å². The maximum absolute atomic E-state index is 4.34. The summed E-state index contributed by atoms with van der Waals surface area (Å²) in [6.07, 6.45) is 10.1. The highest BCUT2D eigenvalue weighted by Crippen LogP contribution is 2.62. The summed E-state index contributed by atoms with van der Waals surface area (Å²) in [6.45, 7) is 14.6. The first-order valence-electron chi connectivity index (χ1n) is 9.91. The van der Waals surface area contributed by atoms with Gasteiger partial charge in [-0.05, 0) is 94.2 Å². The first-order chi connectivity index (χ1) is 10.7. The average Bonchev–Trinajstić information content (AvgIpc) is 2.60. The van der Waals surface area contributed by atoms with Crippen LogP contribution in [0.5, 0.6) is 0 Å². The standard InChI is InChI=1S/C21H35NSi/c1-13-10-20(4,15(3)14(13)2)22-21-11-16-7-17(12-21)9-18(8-16)19(21)23(5)6/h10,16-19,22-23H,7-9,11-12H2,1-6H3. The van der Waals surface area contributed by atoms with Crippen LogP contribution in [0.1, 0.15) is 59.8 Å². The highest BCUT2D eigenvalue weighted by molar-refractivity contribution is 6.58. The van der Waals surface area contributed by atoms with E-state index in [1.807, 2.05) is 0 Å². The molecule has 5 aliphatic carbocycles. The van der Waals surface area contributed by atoms with Gasteiger partial charge in [-0.1, -0.05) is 24.7 Å². The summed E-state index contributed by atoms with van der Waals surface area (Å²) in [4.78, 5) is 0. The third-order valence-corrected chi connectivity index (χ3v) is 10.7. The fraction of sp³-hybridized carbons (Fsp3) is 0.810. The number of allylic oxidation sites excluding steroid dienone is 2. The van der Waals surface area contributed by atoms with E-state index in [2.05, 4.69) is 52.2 Å². The number of hydrogen-bond acceptors (Lipinski definition) is 1. The molecule has 1 nitrogen and oxygen atoms in total. The fourth-order valence-electron chi connectivity index (χ4n) is 7.43. The summed E-state index contributed by atoms with van der Waals surface area (Å²) in [7, 11) is -0.650. The van der Waals surface area contributed by atoms with Crippen molar-refractivity contribution in [2.75, 3.05) is 0 Å². The number of hydrogen-bond donors (Lipinski definition) is 1. The van der Waals surface area contributed by atoms with Crippen LogP contribution in [0.3, 0.4) is 0 Å². The molecular formula is C21H35NSi. The fourth-order valence-corrected chi connectivity index (χ4v) is 10.5. The van der Waals surface area contributed by atoms with Crippen molar-refractivity contribution in [3.05, 3.63) is 22.8 Å². The van der Waals surface area contributed by atoms with Gasteiger partial charge in [0, 0.05) is 14.3 Å². The minimum atomic E-state index is -0.650. The van der Waals surface area contributed by atoms with E-state index < -0.39 is 8.80 Å². The largest absolute Gasteiger partial charge is 0.299 e. The Labute approximate surface area is 144 Å². The van der Waals surface area contributed by atoms with E-state index in [-0.39, 0.29) is 5.54 Å². The third kappa shape index (κ3) is 2.27. The van der Waals surface area contributed by atoms with Crippen molar-refractivity contribution < 1.29 is 0 Å². The molecule has 4 bridgehead atoms. The molecule has 4 fully saturated rings. The van der Waals surface area contributed by atoms with Crippen LogP contribution in [-0.2, 0) is 0 Å². The lowest BCUT2D eigenvalue weighted by Crippen LogP contribution is -2.68. The maximum atomic E-state index is 4.34. The smallest absolute Gasteiger partial charge is 0.0564 e. The lowest BCUT2D eigenvalue weighted by atomic mass is 9.52. The van der Waals surface area contributed by atoms with Gasteiger partial charge in [0.1, 0.15) is 0 Å². The van der Waals surface area contributed by atoms with Crippen molar-refractivity contribution in [1.82, 2.24) is 5.32 Å². The highest BCUT2D eigenvalue weighted by atomic mass is 28.3. The van der Waals surface area contributed by atoms with E-state index in [0.29, 0.717) is 5.54 Å². The van der Waals surface area contributed by atoms with E-state index in [9.17, 15) is 0 Å². The molecule has 4 atom stereocenters. The number of nitrogens with one attached hydrogen (secondary N) is 1. The van der Waals surface area contributed by atoms with Crippen molar-refractivity contribution >= 4 is 8.80 Å². The summed E-state index contributed by atoms with van der Waals surface area (Å²) in [5, 5.41) is 4.34. The summed E-state index contributed by atoms with van der Waals surface area (Å²) in [6, 6.07) is 0. The second kappa shape index (κ2) is 5.08. The second-order valence-electron chi connectivity index (χ2n) is 9.94. The van der Waals surface area contributed by atoms with Crippen LogP contribution in [0.4, 0.5) is 0 Å². The van der Waals surface area contributed by atoms with Crippen LogP contribution in [0, 0.1) is 17.8 Å². The molecule has 0 heterocycles. The lowest BCUT2D eigenvalue weighted by molar-refractivity contribution is -0.0278. The molecule has 23 heavy (non-hydrogen) atoms. The van der Waals surface area contributed by atoms with Crippen molar-refractivity contribution in [2.24, 2.45) is 17.8 Å². The van der Waals surface area contributed by atoms with Gasteiger partial charge in [-0.2, -0.15) is 0 Å². The highest BCUT2D eigenvalue weighted by Gasteiger charge is 2.59. The average molecular weight is 330 g/mol. The van der Waals surface area contributed by atoms with Gasteiger partial charge in [0.15, 0.2) is 0 Å². The van der Waals surface area contributed by atoms with E-state index in [4.69, 9.17) is 0 Å². The Balaban J connectivity index is 1.72. The van der Waals surface area contributed by atoms with Crippen LogP contribution >= 0.6 is 0 Å². The Hall–Kier alpha value is -0.343. The zero-order valence-corrected chi connectivity index (χ0v) is 17.2. The molecule has 128 valence electrons. The second-order valence-corrected chi connectivity index (χ2v) is 13.1. The first kappa shape index (κ1) is 16.1. The van der Waals surface area contributed by atoms with Crippen LogP contribution in [-0.4, -0.2) is 19.9 Å². The minimum absolute atomic E-state index is 0.0986. The van der Waals surface area contributed by atoms with Gasteiger partial charge in [0.2, 0.25) is 0 Å². The van der Waals surface area contributed by atoms with Gasteiger partial charge < -0.3 is 0 Å². The van der Waals surface area contributed by atoms with Crippen molar-refractivity contribution in [3.8, 4) is 0 Å². The van der Waals surface area contributed by atoms with Gasteiger partial charge in [-0.3, -0.25) is 5.32 Å². The molecule has 0 radical (unpaired) electrons. The Morgan fingerprint density at radius 3 is 2.13 bits per heavy atom. The quantitative estimate of drug-likeness (QED) is 0.713. The van der Waals surface area contributed by atoms with Gasteiger partial charge in [-0.15, -0.1) is 0 Å². The van der Waals surface area contributed by atoms with E-state index in [1.165, 1.54) is 30.4 Å². The predicted octanol–water partition coefficient (Wildman–Crippen LogP) is 5.07. The molecule has 1 N–H and O–H groups in total. The Morgan fingerprint density at radius 1 is 1.04 bits per heavy atom. The topological polar surface area (TPSA) is 12.0 Å². The van der Waals surface area contributed by atoms with Crippen molar-refractivity contribution in [3.63, 3.8) is 0 Å². The van der Waals surface area contributed by atoms with Crippen molar-refractivity contribution in [2.45, 2.75) is 89.5 Å². The molecule has 0 spiro atoms. The molecule has 0 aromatic heterocycles. The van der Waals surface area contributed by atoms with E-state index in [1.54, 1.807) is 18.4 Å².